The number of nitrogens with zero attached hydrogens (tertiary/aromatic N) is 3. The molecule has 0 saturated carbocycles. The van der Waals surface area contributed by atoms with E-state index in [0.717, 1.165) is 38.8 Å². The molecule has 1 unspecified atom stereocenters. The highest BCUT2D eigenvalue weighted by Gasteiger charge is 2.44. The number of carbonyl (C=O) groups is 1. The number of fused-ring (bicyclic) bond motifs is 2. The molecule has 1 N–H and O–H groups in total. The Morgan fingerprint density at radius 3 is 3.22 bits per heavy atom. The highest BCUT2D eigenvalue weighted by Crippen LogP contribution is 2.44. The third-order valence-electron chi connectivity index (χ3n) is 5.18. The van der Waals surface area contributed by atoms with E-state index in [1.54, 1.807) is 25.4 Å². The largest absolute Gasteiger partial charge is 0.481 e. The summed E-state index contributed by atoms with van der Waals surface area (Å²) in [6, 6.07) is 3.46. The summed E-state index contributed by atoms with van der Waals surface area (Å²) in [7, 11) is 1.56. The number of likely N-dealkylation sites (tertiary alicyclic amines) is 1. The minimum absolute atomic E-state index is 0.0524. The molecule has 2 aromatic rings. The molecule has 120 valence electrons. The van der Waals surface area contributed by atoms with E-state index in [1.165, 1.54) is 11.3 Å². The van der Waals surface area contributed by atoms with Gasteiger partial charge in [-0.05, 0) is 37.3 Å². The SMILES string of the molecule is COc1cc(C(=O)N2CCCC3(CCc4cn[nH]c43)C2)ccn1. The van der Waals surface area contributed by atoms with E-state index in [1.807, 2.05) is 11.1 Å². The van der Waals surface area contributed by atoms with Crippen molar-refractivity contribution < 1.29 is 9.53 Å². The fourth-order valence-corrected chi connectivity index (χ4v) is 4.01. The van der Waals surface area contributed by atoms with E-state index in [4.69, 9.17) is 4.74 Å². The van der Waals surface area contributed by atoms with Crippen LogP contribution in [0.3, 0.4) is 0 Å². The minimum atomic E-state index is 0.0524. The maximum absolute atomic E-state index is 12.9. The van der Waals surface area contributed by atoms with Gasteiger partial charge >= 0.3 is 0 Å². The molecule has 1 amide bonds. The summed E-state index contributed by atoms with van der Waals surface area (Å²) in [5.74, 6) is 0.525. The van der Waals surface area contributed by atoms with Crippen LogP contribution in [0.5, 0.6) is 5.88 Å². The monoisotopic (exact) mass is 312 g/mol. The molecule has 1 aliphatic heterocycles. The number of rotatable bonds is 2. The summed E-state index contributed by atoms with van der Waals surface area (Å²) in [6.45, 7) is 1.56. The van der Waals surface area contributed by atoms with E-state index < -0.39 is 0 Å². The predicted molar refractivity (Wildman–Crippen MR) is 84.5 cm³/mol. The van der Waals surface area contributed by atoms with Gasteiger partial charge in [-0.2, -0.15) is 5.10 Å². The Balaban J connectivity index is 1.59. The van der Waals surface area contributed by atoms with Crippen LogP contribution in [0.4, 0.5) is 0 Å². The summed E-state index contributed by atoms with van der Waals surface area (Å²) in [4.78, 5) is 18.9. The molecular formula is C17H20N4O2. The Morgan fingerprint density at radius 2 is 2.35 bits per heavy atom. The van der Waals surface area contributed by atoms with Gasteiger partial charge in [0.1, 0.15) is 0 Å². The standard InChI is InChI=1S/C17H20N4O2/c1-23-14-9-12(4-7-18-14)16(22)21-8-2-5-17(11-21)6-3-13-10-19-20-15(13)17/h4,7,9-10H,2-3,5-6,8,11H2,1H3,(H,19,20). The molecule has 2 aromatic heterocycles. The van der Waals surface area contributed by atoms with Crippen molar-refractivity contribution >= 4 is 5.91 Å². The number of ether oxygens (including phenoxy) is 1. The lowest BCUT2D eigenvalue weighted by Crippen LogP contribution is -2.47. The second-order valence-corrected chi connectivity index (χ2v) is 6.47. The van der Waals surface area contributed by atoms with Crippen LogP contribution in [0.25, 0.3) is 0 Å². The van der Waals surface area contributed by atoms with Gasteiger partial charge in [0.05, 0.1) is 13.3 Å². The van der Waals surface area contributed by atoms with Gasteiger partial charge in [-0.25, -0.2) is 4.98 Å². The Morgan fingerprint density at radius 1 is 1.43 bits per heavy atom. The number of hydrogen-bond acceptors (Lipinski definition) is 4. The molecule has 1 saturated heterocycles. The van der Waals surface area contributed by atoms with Crippen molar-refractivity contribution in [1.82, 2.24) is 20.1 Å². The van der Waals surface area contributed by atoms with Crippen LogP contribution < -0.4 is 4.74 Å². The first-order chi connectivity index (χ1) is 11.2. The zero-order valence-electron chi connectivity index (χ0n) is 13.2. The van der Waals surface area contributed by atoms with Crippen LogP contribution in [-0.2, 0) is 11.8 Å². The summed E-state index contributed by atoms with van der Waals surface area (Å²) in [5, 5.41) is 7.37. The maximum atomic E-state index is 12.9. The smallest absolute Gasteiger partial charge is 0.254 e. The van der Waals surface area contributed by atoms with Crippen LogP contribution in [0.2, 0.25) is 0 Å². The second kappa shape index (κ2) is 5.37. The molecule has 1 atom stereocenters. The van der Waals surface area contributed by atoms with E-state index in [2.05, 4.69) is 15.2 Å². The Kier molecular flexibility index (Phi) is 3.32. The second-order valence-electron chi connectivity index (χ2n) is 6.47. The van der Waals surface area contributed by atoms with Gasteiger partial charge in [0.2, 0.25) is 5.88 Å². The number of aromatic nitrogens is 3. The van der Waals surface area contributed by atoms with Crippen molar-refractivity contribution in [2.75, 3.05) is 20.2 Å². The number of piperidine rings is 1. The van der Waals surface area contributed by atoms with Crippen molar-refractivity contribution in [3.05, 3.63) is 41.3 Å². The molecule has 0 bridgehead atoms. The third kappa shape index (κ3) is 2.29. The Bertz CT molecular complexity index is 742. The topological polar surface area (TPSA) is 71.1 Å². The fraction of sp³-hybridized carbons (Fsp3) is 0.471. The molecule has 23 heavy (non-hydrogen) atoms. The zero-order valence-corrected chi connectivity index (χ0v) is 13.2. The molecule has 0 radical (unpaired) electrons. The first kappa shape index (κ1) is 14.2. The van der Waals surface area contributed by atoms with Crippen LogP contribution in [0.1, 0.15) is 40.9 Å². The van der Waals surface area contributed by atoms with Gasteiger partial charge in [-0.1, -0.05) is 0 Å². The average molecular weight is 312 g/mol. The number of methoxy groups -OCH3 is 1. The number of nitrogens with one attached hydrogen (secondary N) is 1. The molecule has 3 heterocycles. The molecule has 1 spiro atoms. The summed E-state index contributed by atoms with van der Waals surface area (Å²) in [5.41, 5.74) is 3.24. The van der Waals surface area contributed by atoms with E-state index >= 15 is 0 Å². The first-order valence-electron chi connectivity index (χ1n) is 8.04. The van der Waals surface area contributed by atoms with Gasteiger partial charge in [-0.15, -0.1) is 0 Å². The van der Waals surface area contributed by atoms with Crippen LogP contribution >= 0.6 is 0 Å². The zero-order chi connectivity index (χ0) is 15.9. The van der Waals surface area contributed by atoms with Gasteiger partial charge < -0.3 is 9.64 Å². The Hall–Kier alpha value is -2.37. The normalized spacial score (nSPS) is 23.1. The van der Waals surface area contributed by atoms with Gasteiger partial charge in [0.15, 0.2) is 0 Å². The molecular weight excluding hydrogens is 292 g/mol. The molecule has 6 nitrogen and oxygen atoms in total. The number of H-pyrrole nitrogens is 1. The Labute approximate surface area is 134 Å². The lowest BCUT2D eigenvalue weighted by atomic mass is 9.77. The summed E-state index contributed by atoms with van der Waals surface area (Å²) < 4.78 is 5.13. The lowest BCUT2D eigenvalue weighted by Gasteiger charge is -2.40. The summed E-state index contributed by atoms with van der Waals surface area (Å²) in [6.07, 6.45) is 7.84. The fourth-order valence-electron chi connectivity index (χ4n) is 4.01. The van der Waals surface area contributed by atoms with E-state index in [-0.39, 0.29) is 11.3 Å². The van der Waals surface area contributed by atoms with Crippen molar-refractivity contribution in [2.45, 2.75) is 31.1 Å². The highest BCUT2D eigenvalue weighted by atomic mass is 16.5. The lowest BCUT2D eigenvalue weighted by molar-refractivity contribution is 0.0632. The van der Waals surface area contributed by atoms with Crippen LogP contribution in [-0.4, -0.2) is 46.2 Å². The van der Waals surface area contributed by atoms with Gasteiger partial charge in [0, 0.05) is 42.0 Å². The molecule has 4 rings (SSSR count). The molecule has 0 aromatic carbocycles. The average Bonchev–Trinajstić information content (AvgIpc) is 3.19. The molecule has 2 aliphatic rings. The van der Waals surface area contributed by atoms with Gasteiger partial charge in [-0.3, -0.25) is 9.89 Å². The van der Waals surface area contributed by atoms with Crippen molar-refractivity contribution in [3.8, 4) is 5.88 Å². The van der Waals surface area contributed by atoms with Crippen molar-refractivity contribution in [2.24, 2.45) is 0 Å². The summed E-state index contributed by atoms with van der Waals surface area (Å²) >= 11 is 0. The number of pyridine rings is 1. The predicted octanol–water partition coefficient (Wildman–Crippen LogP) is 1.93. The van der Waals surface area contributed by atoms with Crippen LogP contribution in [0, 0.1) is 0 Å². The van der Waals surface area contributed by atoms with Gasteiger partial charge in [0.25, 0.3) is 5.91 Å². The number of carbonyl (C=O) groups excluding carboxylic acids is 1. The number of aromatic amines is 1. The highest BCUT2D eigenvalue weighted by molar-refractivity contribution is 5.94. The minimum Gasteiger partial charge on any atom is -0.481 e. The van der Waals surface area contributed by atoms with E-state index in [0.29, 0.717) is 11.4 Å². The quantitative estimate of drug-likeness (QED) is 0.920. The number of hydrogen-bond donors (Lipinski definition) is 1. The number of aryl methyl sites for hydroxylation is 1. The maximum Gasteiger partial charge on any atom is 0.254 e. The van der Waals surface area contributed by atoms with Crippen molar-refractivity contribution in [3.63, 3.8) is 0 Å². The molecule has 6 heteroatoms. The van der Waals surface area contributed by atoms with Crippen LogP contribution in [0.15, 0.2) is 24.5 Å². The molecule has 1 aliphatic carbocycles. The number of amides is 1. The molecule has 1 fully saturated rings. The van der Waals surface area contributed by atoms with E-state index in [9.17, 15) is 4.79 Å². The van der Waals surface area contributed by atoms with Crippen molar-refractivity contribution in [1.29, 1.82) is 0 Å². The first-order valence-corrected chi connectivity index (χ1v) is 8.04. The third-order valence-corrected chi connectivity index (χ3v) is 5.18.